The van der Waals surface area contributed by atoms with Crippen LogP contribution >= 0.6 is 0 Å². The van der Waals surface area contributed by atoms with Gasteiger partial charge in [0.25, 0.3) is 10.2 Å². The van der Waals surface area contributed by atoms with E-state index in [1.807, 2.05) is 31.2 Å². The topological polar surface area (TPSA) is 58.6 Å². The van der Waals surface area contributed by atoms with E-state index in [0.29, 0.717) is 19.5 Å². The minimum absolute atomic E-state index is 0.0857. The number of ether oxygens (including phenoxy) is 1. The summed E-state index contributed by atoms with van der Waals surface area (Å²) in [5.74, 6) is 0.794. The maximum Gasteiger partial charge on any atom is 0.279 e. The predicted octanol–water partition coefficient (Wildman–Crippen LogP) is 1.95. The van der Waals surface area contributed by atoms with Crippen LogP contribution in [0, 0.1) is 0 Å². The van der Waals surface area contributed by atoms with E-state index in [0.717, 1.165) is 30.6 Å². The van der Waals surface area contributed by atoms with Crippen molar-refractivity contribution in [2.45, 2.75) is 38.6 Å². The SMILES string of the molecule is COc1ccccc1CCNS(=O)(=O)N1CCCC[C@H]1C. The molecule has 118 valence electrons. The number of methoxy groups -OCH3 is 1. The minimum atomic E-state index is -3.38. The van der Waals surface area contributed by atoms with E-state index in [1.54, 1.807) is 11.4 Å². The molecule has 6 heteroatoms. The fourth-order valence-corrected chi connectivity index (χ4v) is 4.21. The van der Waals surface area contributed by atoms with Gasteiger partial charge in [0.15, 0.2) is 0 Å². The van der Waals surface area contributed by atoms with Crippen LogP contribution in [0.3, 0.4) is 0 Å². The molecule has 1 atom stereocenters. The van der Waals surface area contributed by atoms with Gasteiger partial charge in [-0.1, -0.05) is 24.6 Å². The number of benzene rings is 1. The second kappa shape index (κ2) is 7.24. The average Bonchev–Trinajstić information content (AvgIpc) is 2.48. The smallest absolute Gasteiger partial charge is 0.279 e. The van der Waals surface area contributed by atoms with Gasteiger partial charge in [-0.25, -0.2) is 4.72 Å². The molecule has 0 aliphatic carbocycles. The molecule has 1 aromatic rings. The zero-order valence-electron chi connectivity index (χ0n) is 12.7. The molecule has 0 amide bonds. The van der Waals surface area contributed by atoms with Gasteiger partial charge in [-0.2, -0.15) is 12.7 Å². The lowest BCUT2D eigenvalue weighted by Crippen LogP contribution is -2.48. The highest BCUT2D eigenvalue weighted by atomic mass is 32.2. The van der Waals surface area contributed by atoms with E-state index in [1.165, 1.54) is 0 Å². The van der Waals surface area contributed by atoms with Crippen LogP contribution in [0.1, 0.15) is 31.7 Å². The molecule has 1 aliphatic heterocycles. The van der Waals surface area contributed by atoms with Gasteiger partial charge in [0.2, 0.25) is 0 Å². The summed E-state index contributed by atoms with van der Waals surface area (Å²) in [5, 5.41) is 0. The molecule has 1 aliphatic rings. The maximum atomic E-state index is 12.3. The monoisotopic (exact) mass is 312 g/mol. The second-order valence-corrected chi connectivity index (χ2v) is 7.12. The van der Waals surface area contributed by atoms with E-state index in [4.69, 9.17) is 4.74 Å². The molecule has 0 aromatic heterocycles. The van der Waals surface area contributed by atoms with Crippen LogP contribution in [0.4, 0.5) is 0 Å². The summed E-state index contributed by atoms with van der Waals surface area (Å²) < 4.78 is 34.2. The van der Waals surface area contributed by atoms with E-state index >= 15 is 0 Å². The molecule has 1 saturated heterocycles. The fourth-order valence-electron chi connectivity index (χ4n) is 2.74. The van der Waals surface area contributed by atoms with Crippen LogP contribution in [0.2, 0.25) is 0 Å². The van der Waals surface area contributed by atoms with Crippen molar-refractivity contribution < 1.29 is 13.2 Å². The highest BCUT2D eigenvalue weighted by Gasteiger charge is 2.28. The van der Waals surface area contributed by atoms with Gasteiger partial charge in [0.05, 0.1) is 7.11 Å². The van der Waals surface area contributed by atoms with Gasteiger partial charge < -0.3 is 4.74 Å². The summed E-state index contributed by atoms with van der Waals surface area (Å²) in [6.45, 7) is 2.97. The largest absolute Gasteiger partial charge is 0.496 e. The molecule has 21 heavy (non-hydrogen) atoms. The molecule has 1 aromatic carbocycles. The average molecular weight is 312 g/mol. The first-order chi connectivity index (χ1) is 10.0. The van der Waals surface area contributed by atoms with E-state index in [2.05, 4.69) is 4.72 Å². The Morgan fingerprint density at radius 3 is 2.81 bits per heavy atom. The Balaban J connectivity index is 1.93. The number of nitrogens with one attached hydrogen (secondary N) is 1. The summed E-state index contributed by atoms with van der Waals surface area (Å²) in [4.78, 5) is 0. The lowest BCUT2D eigenvalue weighted by molar-refractivity contribution is 0.265. The Morgan fingerprint density at radius 2 is 2.10 bits per heavy atom. The molecule has 0 saturated carbocycles. The Kier molecular flexibility index (Phi) is 5.61. The van der Waals surface area contributed by atoms with Crippen molar-refractivity contribution in [1.29, 1.82) is 0 Å². The van der Waals surface area contributed by atoms with Gasteiger partial charge in [-0.3, -0.25) is 0 Å². The zero-order chi connectivity index (χ0) is 15.3. The van der Waals surface area contributed by atoms with Gasteiger partial charge in [-0.05, 0) is 37.8 Å². The van der Waals surface area contributed by atoms with Crippen LogP contribution in [0.5, 0.6) is 5.75 Å². The molecular weight excluding hydrogens is 288 g/mol. The molecule has 0 spiro atoms. The van der Waals surface area contributed by atoms with Crippen LogP contribution < -0.4 is 9.46 Å². The fraction of sp³-hybridized carbons (Fsp3) is 0.600. The van der Waals surface area contributed by atoms with Crippen LogP contribution in [-0.4, -0.2) is 39.0 Å². The minimum Gasteiger partial charge on any atom is -0.496 e. The van der Waals surface area contributed by atoms with Crippen molar-refractivity contribution in [2.24, 2.45) is 0 Å². The van der Waals surface area contributed by atoms with Crippen molar-refractivity contribution in [3.05, 3.63) is 29.8 Å². The molecule has 1 N–H and O–H groups in total. The van der Waals surface area contributed by atoms with E-state index in [-0.39, 0.29) is 6.04 Å². The van der Waals surface area contributed by atoms with Gasteiger partial charge in [0, 0.05) is 19.1 Å². The van der Waals surface area contributed by atoms with Crippen molar-refractivity contribution in [1.82, 2.24) is 9.03 Å². The van der Waals surface area contributed by atoms with Crippen LogP contribution in [-0.2, 0) is 16.6 Å². The molecule has 0 radical (unpaired) electrons. The van der Waals surface area contributed by atoms with Crippen molar-refractivity contribution in [2.75, 3.05) is 20.2 Å². The standard InChI is InChI=1S/C15H24N2O3S/c1-13-7-5-6-12-17(13)21(18,19)16-11-10-14-8-3-4-9-15(14)20-2/h3-4,8-9,13,16H,5-7,10-12H2,1-2H3/t13-/m1/s1. The Morgan fingerprint density at radius 1 is 1.33 bits per heavy atom. The Labute approximate surface area is 127 Å². The number of hydrogen-bond donors (Lipinski definition) is 1. The molecular formula is C15H24N2O3S. The zero-order valence-corrected chi connectivity index (χ0v) is 13.5. The summed E-state index contributed by atoms with van der Waals surface area (Å²) >= 11 is 0. The third-order valence-corrected chi connectivity index (χ3v) is 5.65. The lowest BCUT2D eigenvalue weighted by atomic mass is 10.1. The van der Waals surface area contributed by atoms with Crippen molar-refractivity contribution in [3.63, 3.8) is 0 Å². The van der Waals surface area contributed by atoms with Crippen LogP contribution in [0.15, 0.2) is 24.3 Å². The number of nitrogens with zero attached hydrogens (tertiary/aromatic N) is 1. The normalized spacial score (nSPS) is 20.4. The molecule has 1 fully saturated rings. The van der Waals surface area contributed by atoms with Gasteiger partial charge in [-0.15, -0.1) is 0 Å². The summed E-state index contributed by atoms with van der Waals surface area (Å²) in [6, 6.07) is 7.76. The second-order valence-electron chi connectivity index (χ2n) is 5.42. The molecule has 5 nitrogen and oxygen atoms in total. The third-order valence-electron chi connectivity index (χ3n) is 3.92. The summed E-state index contributed by atoms with van der Waals surface area (Å²) in [6.07, 6.45) is 3.60. The maximum absolute atomic E-state index is 12.3. The Hall–Kier alpha value is -1.11. The summed E-state index contributed by atoms with van der Waals surface area (Å²) in [7, 11) is -1.76. The van der Waals surface area contributed by atoms with Crippen molar-refractivity contribution >= 4 is 10.2 Å². The highest BCUT2D eigenvalue weighted by Crippen LogP contribution is 2.20. The van der Waals surface area contributed by atoms with Crippen molar-refractivity contribution in [3.8, 4) is 5.75 Å². The first kappa shape index (κ1) is 16.3. The number of hydrogen-bond acceptors (Lipinski definition) is 3. The van der Waals surface area contributed by atoms with Gasteiger partial charge >= 0.3 is 0 Å². The van der Waals surface area contributed by atoms with E-state index in [9.17, 15) is 8.42 Å². The number of para-hydroxylation sites is 1. The van der Waals surface area contributed by atoms with E-state index < -0.39 is 10.2 Å². The number of rotatable bonds is 6. The Bertz CT molecular complexity index is 560. The van der Waals surface area contributed by atoms with Gasteiger partial charge in [0.1, 0.15) is 5.75 Å². The quantitative estimate of drug-likeness (QED) is 0.873. The predicted molar refractivity (Wildman–Crippen MR) is 83.6 cm³/mol. The highest BCUT2D eigenvalue weighted by molar-refractivity contribution is 7.87. The molecule has 1 heterocycles. The van der Waals surface area contributed by atoms with Crippen LogP contribution in [0.25, 0.3) is 0 Å². The third kappa shape index (κ3) is 4.18. The molecule has 2 rings (SSSR count). The first-order valence-corrected chi connectivity index (χ1v) is 8.87. The summed E-state index contributed by atoms with van der Waals surface area (Å²) in [5.41, 5.74) is 1.01. The lowest BCUT2D eigenvalue weighted by Gasteiger charge is -2.32. The number of piperidine rings is 1. The molecule has 0 bridgehead atoms. The first-order valence-electron chi connectivity index (χ1n) is 7.43. The molecule has 0 unspecified atom stereocenters.